The van der Waals surface area contributed by atoms with E-state index in [4.69, 9.17) is 0 Å². The lowest BCUT2D eigenvalue weighted by molar-refractivity contribution is -0.274. The van der Waals surface area contributed by atoms with E-state index in [1.807, 2.05) is 13.8 Å². The Bertz CT molecular complexity index is 556. The second-order valence-electron chi connectivity index (χ2n) is 4.35. The molecule has 108 valence electrons. The van der Waals surface area contributed by atoms with Crippen LogP contribution in [0.2, 0.25) is 0 Å². The van der Waals surface area contributed by atoms with Crippen LogP contribution in [0.15, 0.2) is 24.3 Å². The Morgan fingerprint density at radius 3 is 2.35 bits per heavy atom. The number of aryl methyl sites for hydroxylation is 2. The molecular formula is C13H14F3N3O. The topological polar surface area (TPSA) is 49.9 Å². The van der Waals surface area contributed by atoms with Crippen molar-refractivity contribution in [2.75, 3.05) is 5.32 Å². The Hall–Kier alpha value is -2.18. The van der Waals surface area contributed by atoms with Gasteiger partial charge in [0.1, 0.15) is 5.75 Å². The van der Waals surface area contributed by atoms with E-state index in [1.54, 1.807) is 12.1 Å². The summed E-state index contributed by atoms with van der Waals surface area (Å²) in [5.74, 6) is -0.225. The lowest BCUT2D eigenvalue weighted by Gasteiger charge is -2.10. The van der Waals surface area contributed by atoms with Gasteiger partial charge in [0.15, 0.2) is 0 Å². The van der Waals surface area contributed by atoms with Crippen molar-refractivity contribution in [2.24, 2.45) is 0 Å². The fourth-order valence-corrected chi connectivity index (χ4v) is 1.81. The minimum absolute atomic E-state index is 0.225. The zero-order valence-electron chi connectivity index (χ0n) is 11.0. The van der Waals surface area contributed by atoms with E-state index < -0.39 is 6.36 Å². The van der Waals surface area contributed by atoms with Gasteiger partial charge in [-0.25, -0.2) is 0 Å². The van der Waals surface area contributed by atoms with Gasteiger partial charge in [0.05, 0.1) is 17.1 Å². The third-order valence-corrected chi connectivity index (χ3v) is 2.75. The Labute approximate surface area is 114 Å². The first-order chi connectivity index (χ1) is 9.35. The second-order valence-corrected chi connectivity index (χ2v) is 4.35. The van der Waals surface area contributed by atoms with E-state index in [9.17, 15) is 13.2 Å². The smallest absolute Gasteiger partial charge is 0.406 e. The standard InChI is InChI=1S/C13H14F3N3O/c1-8-12(9(2)19-18-8)17-7-10-3-5-11(6-4-10)20-13(14,15)16/h3-6,17H,7H2,1-2H3,(H,18,19). The number of halogens is 3. The summed E-state index contributed by atoms with van der Waals surface area (Å²) in [5, 5.41) is 10.1. The van der Waals surface area contributed by atoms with Crippen molar-refractivity contribution in [3.05, 3.63) is 41.2 Å². The predicted molar refractivity (Wildman–Crippen MR) is 68.5 cm³/mol. The second kappa shape index (κ2) is 5.44. The van der Waals surface area contributed by atoms with Crippen LogP contribution < -0.4 is 10.1 Å². The van der Waals surface area contributed by atoms with E-state index in [2.05, 4.69) is 20.3 Å². The number of benzene rings is 1. The first kappa shape index (κ1) is 14.2. The fourth-order valence-electron chi connectivity index (χ4n) is 1.81. The number of ether oxygens (including phenoxy) is 1. The summed E-state index contributed by atoms with van der Waals surface area (Å²) in [6.45, 7) is 4.25. The van der Waals surface area contributed by atoms with Crippen molar-refractivity contribution < 1.29 is 17.9 Å². The first-order valence-electron chi connectivity index (χ1n) is 5.95. The van der Waals surface area contributed by atoms with Gasteiger partial charge in [-0.05, 0) is 31.5 Å². The number of alkyl halides is 3. The van der Waals surface area contributed by atoms with Crippen LogP contribution in [0.1, 0.15) is 17.0 Å². The summed E-state index contributed by atoms with van der Waals surface area (Å²) >= 11 is 0. The highest BCUT2D eigenvalue weighted by Gasteiger charge is 2.30. The fraction of sp³-hybridized carbons (Fsp3) is 0.308. The van der Waals surface area contributed by atoms with E-state index in [0.29, 0.717) is 6.54 Å². The quantitative estimate of drug-likeness (QED) is 0.903. The lowest BCUT2D eigenvalue weighted by atomic mass is 10.2. The molecule has 2 aromatic rings. The molecule has 0 atom stereocenters. The Morgan fingerprint density at radius 1 is 1.20 bits per heavy atom. The van der Waals surface area contributed by atoms with Gasteiger partial charge in [0, 0.05) is 6.54 Å². The summed E-state index contributed by atoms with van der Waals surface area (Å²) in [6.07, 6.45) is -4.66. The van der Waals surface area contributed by atoms with E-state index in [-0.39, 0.29) is 5.75 Å². The van der Waals surface area contributed by atoms with Crippen molar-refractivity contribution in [1.82, 2.24) is 10.2 Å². The SMILES string of the molecule is Cc1n[nH]c(C)c1NCc1ccc(OC(F)(F)F)cc1. The summed E-state index contributed by atoms with van der Waals surface area (Å²) < 4.78 is 39.9. The number of nitrogens with zero attached hydrogens (tertiary/aromatic N) is 1. The van der Waals surface area contributed by atoms with Gasteiger partial charge in [-0.2, -0.15) is 5.10 Å². The van der Waals surface area contributed by atoms with E-state index in [0.717, 1.165) is 22.6 Å². The number of anilines is 1. The number of nitrogens with one attached hydrogen (secondary N) is 2. The van der Waals surface area contributed by atoms with Gasteiger partial charge in [-0.15, -0.1) is 13.2 Å². The zero-order valence-corrected chi connectivity index (χ0v) is 11.0. The van der Waals surface area contributed by atoms with Crippen molar-refractivity contribution >= 4 is 5.69 Å². The maximum absolute atomic E-state index is 12.0. The van der Waals surface area contributed by atoms with Crippen LogP contribution in [0, 0.1) is 13.8 Å². The van der Waals surface area contributed by atoms with Gasteiger partial charge >= 0.3 is 6.36 Å². The molecule has 0 unspecified atom stereocenters. The number of hydrogen-bond donors (Lipinski definition) is 2. The van der Waals surface area contributed by atoms with Crippen LogP contribution >= 0.6 is 0 Å². The minimum atomic E-state index is -4.66. The first-order valence-corrected chi connectivity index (χ1v) is 5.95. The highest BCUT2D eigenvalue weighted by molar-refractivity contribution is 5.51. The molecule has 0 aliphatic rings. The number of aromatic nitrogens is 2. The molecule has 0 spiro atoms. The number of rotatable bonds is 4. The van der Waals surface area contributed by atoms with Crippen molar-refractivity contribution in [2.45, 2.75) is 26.8 Å². The minimum Gasteiger partial charge on any atom is -0.406 e. The third-order valence-electron chi connectivity index (χ3n) is 2.75. The number of H-pyrrole nitrogens is 1. The van der Waals surface area contributed by atoms with Crippen LogP contribution in [-0.4, -0.2) is 16.6 Å². The molecule has 0 fully saturated rings. The van der Waals surface area contributed by atoms with Crippen molar-refractivity contribution in [3.63, 3.8) is 0 Å². The molecule has 0 bridgehead atoms. The van der Waals surface area contributed by atoms with Crippen LogP contribution in [0.3, 0.4) is 0 Å². The average Bonchev–Trinajstić information content (AvgIpc) is 2.67. The van der Waals surface area contributed by atoms with Gasteiger partial charge in [0.25, 0.3) is 0 Å². The molecule has 0 saturated heterocycles. The summed E-state index contributed by atoms with van der Waals surface area (Å²) in [5.41, 5.74) is 3.51. The normalized spacial score (nSPS) is 11.4. The summed E-state index contributed by atoms with van der Waals surface area (Å²) in [4.78, 5) is 0. The maximum atomic E-state index is 12.0. The zero-order chi connectivity index (χ0) is 14.8. The molecule has 0 radical (unpaired) electrons. The van der Waals surface area contributed by atoms with Crippen molar-refractivity contribution in [3.8, 4) is 5.75 Å². The van der Waals surface area contributed by atoms with Gasteiger partial charge in [-0.1, -0.05) is 12.1 Å². The average molecular weight is 285 g/mol. The molecule has 0 aliphatic carbocycles. The van der Waals surface area contributed by atoms with Crippen molar-refractivity contribution in [1.29, 1.82) is 0 Å². The van der Waals surface area contributed by atoms with Gasteiger partial charge < -0.3 is 10.1 Å². The predicted octanol–water partition coefficient (Wildman–Crippen LogP) is 3.54. The molecule has 1 heterocycles. The Morgan fingerprint density at radius 2 is 1.85 bits per heavy atom. The summed E-state index contributed by atoms with van der Waals surface area (Å²) in [7, 11) is 0. The molecule has 1 aromatic carbocycles. The third kappa shape index (κ3) is 3.66. The molecule has 20 heavy (non-hydrogen) atoms. The molecule has 7 heteroatoms. The van der Waals surface area contributed by atoms with Crippen LogP contribution in [-0.2, 0) is 6.54 Å². The highest BCUT2D eigenvalue weighted by Crippen LogP contribution is 2.23. The molecule has 2 rings (SSSR count). The molecule has 1 aromatic heterocycles. The van der Waals surface area contributed by atoms with E-state index >= 15 is 0 Å². The number of aromatic amines is 1. The molecule has 4 nitrogen and oxygen atoms in total. The highest BCUT2D eigenvalue weighted by atomic mass is 19.4. The molecular weight excluding hydrogens is 271 g/mol. The number of hydrogen-bond acceptors (Lipinski definition) is 3. The summed E-state index contributed by atoms with van der Waals surface area (Å²) in [6, 6.07) is 5.75. The van der Waals surface area contributed by atoms with Crippen LogP contribution in [0.25, 0.3) is 0 Å². The molecule has 0 amide bonds. The molecule has 2 N–H and O–H groups in total. The van der Waals surface area contributed by atoms with E-state index in [1.165, 1.54) is 12.1 Å². The molecule has 0 saturated carbocycles. The van der Waals surface area contributed by atoms with Crippen LogP contribution in [0.4, 0.5) is 18.9 Å². The maximum Gasteiger partial charge on any atom is 0.573 e. The lowest BCUT2D eigenvalue weighted by Crippen LogP contribution is -2.17. The van der Waals surface area contributed by atoms with Crippen LogP contribution in [0.5, 0.6) is 5.75 Å². The molecule has 0 aliphatic heterocycles. The Kier molecular flexibility index (Phi) is 3.87. The van der Waals surface area contributed by atoms with Gasteiger partial charge in [0.2, 0.25) is 0 Å². The monoisotopic (exact) mass is 285 g/mol. The Balaban J connectivity index is 1.98. The van der Waals surface area contributed by atoms with Gasteiger partial charge in [-0.3, -0.25) is 5.10 Å². The largest absolute Gasteiger partial charge is 0.573 e.